The van der Waals surface area contributed by atoms with E-state index in [1.807, 2.05) is 99.6 Å². The number of para-hydroxylation sites is 4. The highest BCUT2D eigenvalue weighted by molar-refractivity contribution is 5.98. The van der Waals surface area contributed by atoms with Gasteiger partial charge in [-0.3, -0.25) is 9.69 Å². The summed E-state index contributed by atoms with van der Waals surface area (Å²) >= 11 is 0. The second-order valence-corrected chi connectivity index (χ2v) is 12.3. The van der Waals surface area contributed by atoms with Gasteiger partial charge in [0, 0.05) is 6.54 Å². The highest BCUT2D eigenvalue weighted by Crippen LogP contribution is 2.39. The molecule has 0 N–H and O–H groups in total. The minimum Gasteiger partial charge on any atom is -0.485 e. The van der Waals surface area contributed by atoms with Crippen LogP contribution in [0.1, 0.15) is 59.9 Å². The largest absolute Gasteiger partial charge is 0.485 e. The Bertz CT molecular complexity index is 1330. The lowest BCUT2D eigenvalue weighted by Gasteiger charge is -2.44. The van der Waals surface area contributed by atoms with Crippen molar-refractivity contribution in [1.82, 2.24) is 4.90 Å². The molecule has 0 bridgehead atoms. The molecule has 1 heterocycles. The van der Waals surface area contributed by atoms with Gasteiger partial charge in [0.05, 0.1) is 11.7 Å². The second-order valence-electron chi connectivity index (χ2n) is 12.3. The smallest absolute Gasteiger partial charge is 0.411 e. The molecular weight excluding hydrogens is 516 g/mol. The van der Waals surface area contributed by atoms with Gasteiger partial charge in [0.25, 0.3) is 0 Å². The van der Waals surface area contributed by atoms with E-state index in [0.717, 1.165) is 18.4 Å². The molecular formula is C34H42N2O5. The molecule has 2 amide bonds. The minimum atomic E-state index is -0.654. The number of hydrogen-bond acceptors (Lipinski definition) is 5. The molecule has 7 nitrogen and oxygen atoms in total. The first-order valence-corrected chi connectivity index (χ1v) is 14.3. The fourth-order valence-corrected chi connectivity index (χ4v) is 4.77. The van der Waals surface area contributed by atoms with Crippen LogP contribution < -0.4 is 14.4 Å². The third-order valence-electron chi connectivity index (χ3n) is 7.28. The van der Waals surface area contributed by atoms with Crippen LogP contribution in [0.25, 0.3) is 0 Å². The topological polar surface area (TPSA) is 68.3 Å². The van der Waals surface area contributed by atoms with Crippen molar-refractivity contribution in [3.8, 4) is 17.2 Å². The number of nitrogens with zero attached hydrogens (tertiary/aromatic N) is 2. The maximum Gasteiger partial charge on any atom is 0.411 e. The number of piperazine rings is 1. The van der Waals surface area contributed by atoms with Gasteiger partial charge >= 0.3 is 6.09 Å². The maximum absolute atomic E-state index is 13.6. The quantitative estimate of drug-likeness (QED) is 0.268. The Balaban J connectivity index is 1.59. The van der Waals surface area contributed by atoms with Crippen LogP contribution in [0.3, 0.4) is 0 Å². The lowest BCUT2D eigenvalue weighted by Crippen LogP contribution is -2.59. The lowest BCUT2D eigenvalue weighted by molar-refractivity contribution is -0.122. The summed E-state index contributed by atoms with van der Waals surface area (Å²) in [5, 5.41) is 0. The summed E-state index contributed by atoms with van der Waals surface area (Å²) in [6.07, 6.45) is 1.21. The molecule has 218 valence electrons. The van der Waals surface area contributed by atoms with Crippen LogP contribution in [-0.4, -0.2) is 41.6 Å². The molecule has 1 atom stereocenters. The van der Waals surface area contributed by atoms with Crippen molar-refractivity contribution in [1.29, 1.82) is 0 Å². The Labute approximate surface area is 244 Å². The van der Waals surface area contributed by atoms with Crippen molar-refractivity contribution in [3.05, 3.63) is 84.4 Å². The normalized spacial score (nSPS) is 16.0. The van der Waals surface area contributed by atoms with Crippen LogP contribution in [0.2, 0.25) is 0 Å². The van der Waals surface area contributed by atoms with Crippen molar-refractivity contribution >= 4 is 17.7 Å². The predicted octanol–water partition coefficient (Wildman–Crippen LogP) is 7.84. The highest BCUT2D eigenvalue weighted by Gasteiger charge is 2.40. The van der Waals surface area contributed by atoms with Crippen LogP contribution in [0, 0.1) is 5.41 Å². The summed E-state index contributed by atoms with van der Waals surface area (Å²) in [7, 11) is 0. The van der Waals surface area contributed by atoms with E-state index in [-0.39, 0.29) is 23.9 Å². The van der Waals surface area contributed by atoms with Crippen LogP contribution in [0.15, 0.2) is 78.9 Å². The van der Waals surface area contributed by atoms with Gasteiger partial charge in [0.15, 0.2) is 17.2 Å². The van der Waals surface area contributed by atoms with Gasteiger partial charge in [0.2, 0.25) is 5.91 Å². The van der Waals surface area contributed by atoms with Crippen LogP contribution in [0.4, 0.5) is 10.5 Å². The second kappa shape index (κ2) is 12.7. The minimum absolute atomic E-state index is 0.0258. The summed E-state index contributed by atoms with van der Waals surface area (Å²) in [6, 6.07) is 24.7. The first kappa shape index (κ1) is 30.0. The number of ether oxygens (including phenoxy) is 3. The average molecular weight is 559 g/mol. The number of benzene rings is 3. The first-order valence-electron chi connectivity index (χ1n) is 14.3. The van der Waals surface area contributed by atoms with Gasteiger partial charge < -0.3 is 19.1 Å². The fourth-order valence-electron chi connectivity index (χ4n) is 4.77. The Morgan fingerprint density at radius 3 is 2.12 bits per heavy atom. The molecule has 0 spiro atoms. The number of anilines is 1. The van der Waals surface area contributed by atoms with Gasteiger partial charge in [-0.15, -0.1) is 0 Å². The Kier molecular flexibility index (Phi) is 9.26. The van der Waals surface area contributed by atoms with Crippen molar-refractivity contribution in [2.24, 2.45) is 5.41 Å². The summed E-state index contributed by atoms with van der Waals surface area (Å²) in [6.45, 7) is 12.7. The van der Waals surface area contributed by atoms with Gasteiger partial charge in [-0.25, -0.2) is 4.79 Å². The molecule has 41 heavy (non-hydrogen) atoms. The lowest BCUT2D eigenvalue weighted by atomic mass is 9.82. The van der Waals surface area contributed by atoms with Crippen molar-refractivity contribution < 1.29 is 23.8 Å². The first-order chi connectivity index (χ1) is 19.5. The summed E-state index contributed by atoms with van der Waals surface area (Å²) in [5.74, 6) is 1.51. The van der Waals surface area contributed by atoms with Crippen LogP contribution >= 0.6 is 0 Å². The number of carbonyl (C=O) groups is 2. The molecule has 1 aliphatic heterocycles. The standard InChI is InChI=1S/C34H42N2O5/c1-7-34(5,6)21-26-22-36(31(37)23-35(26)32(38)41-33(2,3)4)27-17-11-12-18-28(27)40-30-20-14-13-19-29(30)39-24-25-15-9-8-10-16-25/h8-20,26H,7,21-24H2,1-6H3/t26-/m1/s1. The van der Waals surface area contributed by atoms with Crippen molar-refractivity contribution in [2.45, 2.75) is 72.6 Å². The van der Waals surface area contributed by atoms with Gasteiger partial charge in [-0.2, -0.15) is 0 Å². The maximum atomic E-state index is 13.6. The fraction of sp³-hybridized carbons (Fsp3) is 0.412. The van der Waals surface area contributed by atoms with E-state index in [0.29, 0.717) is 36.1 Å². The number of carbonyl (C=O) groups excluding carboxylic acids is 2. The predicted molar refractivity (Wildman–Crippen MR) is 162 cm³/mol. The average Bonchev–Trinajstić information content (AvgIpc) is 2.93. The molecule has 1 aliphatic rings. The zero-order valence-corrected chi connectivity index (χ0v) is 25.1. The van der Waals surface area contributed by atoms with Crippen molar-refractivity contribution in [3.63, 3.8) is 0 Å². The SMILES string of the molecule is CCC(C)(C)C[C@@H]1CN(c2ccccc2Oc2ccccc2OCc2ccccc2)C(=O)CN1C(=O)OC(C)(C)C. The van der Waals surface area contributed by atoms with E-state index in [4.69, 9.17) is 14.2 Å². The van der Waals surface area contributed by atoms with Crippen LogP contribution in [0.5, 0.6) is 17.2 Å². The van der Waals surface area contributed by atoms with Gasteiger partial charge in [0.1, 0.15) is 18.8 Å². The highest BCUT2D eigenvalue weighted by atomic mass is 16.6. The van der Waals surface area contributed by atoms with Crippen molar-refractivity contribution in [2.75, 3.05) is 18.0 Å². The van der Waals surface area contributed by atoms with Gasteiger partial charge in [-0.05, 0) is 62.4 Å². The molecule has 3 aromatic carbocycles. The zero-order chi connectivity index (χ0) is 29.6. The number of rotatable bonds is 9. The summed E-state index contributed by atoms with van der Waals surface area (Å²) < 4.78 is 18.2. The van der Waals surface area contributed by atoms with Gasteiger partial charge in [-0.1, -0.05) is 81.8 Å². The van der Waals surface area contributed by atoms with E-state index >= 15 is 0 Å². The van der Waals surface area contributed by atoms with Crippen LogP contribution in [-0.2, 0) is 16.1 Å². The molecule has 3 aromatic rings. The third kappa shape index (κ3) is 8.03. The molecule has 1 saturated heterocycles. The van der Waals surface area contributed by atoms with E-state index in [2.05, 4.69) is 20.8 Å². The van der Waals surface area contributed by atoms with E-state index < -0.39 is 11.7 Å². The molecule has 4 rings (SSSR count). The summed E-state index contributed by atoms with van der Waals surface area (Å²) in [4.78, 5) is 30.1. The molecule has 1 fully saturated rings. The Morgan fingerprint density at radius 2 is 1.46 bits per heavy atom. The zero-order valence-electron chi connectivity index (χ0n) is 25.1. The molecule has 0 aliphatic carbocycles. The molecule has 7 heteroatoms. The molecule has 0 aromatic heterocycles. The molecule has 0 unspecified atom stereocenters. The number of amides is 2. The third-order valence-corrected chi connectivity index (χ3v) is 7.28. The Morgan fingerprint density at radius 1 is 0.854 bits per heavy atom. The summed E-state index contributed by atoms with van der Waals surface area (Å²) in [5.41, 5.74) is 1.02. The van der Waals surface area contributed by atoms with E-state index in [9.17, 15) is 9.59 Å². The number of hydrogen-bond donors (Lipinski definition) is 0. The monoisotopic (exact) mass is 558 g/mol. The van der Waals surface area contributed by atoms with E-state index in [1.54, 1.807) is 9.80 Å². The molecule has 0 radical (unpaired) electrons. The van der Waals surface area contributed by atoms with E-state index in [1.165, 1.54) is 0 Å². The Hall–Kier alpha value is -4.00. The molecule has 0 saturated carbocycles.